The number of hydrogen-bond acceptors (Lipinski definition) is 4. The minimum Gasteiger partial charge on any atom is -0.355 e. The molecule has 2 N–H and O–H groups in total. The molecule has 30 heavy (non-hydrogen) atoms. The third kappa shape index (κ3) is 4.20. The van der Waals surface area contributed by atoms with Crippen molar-refractivity contribution in [1.29, 1.82) is 0 Å². The number of aromatic amines is 1. The first-order chi connectivity index (χ1) is 14.6. The largest absolute Gasteiger partial charge is 0.355 e. The van der Waals surface area contributed by atoms with Gasteiger partial charge in [-0.1, -0.05) is 64.1 Å². The molecule has 0 bridgehead atoms. The number of nitrogens with one attached hydrogen (secondary N) is 2. The fourth-order valence-electron chi connectivity index (χ4n) is 3.19. The summed E-state index contributed by atoms with van der Waals surface area (Å²) in [6, 6.07) is 17.2. The molecular formula is C22H19BrN4O2S. The topological polar surface area (TPSA) is 79.8 Å². The van der Waals surface area contributed by atoms with E-state index < -0.39 is 0 Å². The number of carbonyl (C=O) groups excluding carboxylic acids is 1. The van der Waals surface area contributed by atoms with Crippen LogP contribution in [0.4, 0.5) is 5.69 Å². The number of fused-ring (bicyclic) bond motifs is 1. The van der Waals surface area contributed by atoms with Gasteiger partial charge in [0.05, 0.1) is 5.75 Å². The average molecular weight is 483 g/mol. The van der Waals surface area contributed by atoms with E-state index in [9.17, 15) is 9.59 Å². The molecule has 2 aromatic heterocycles. The second kappa shape index (κ2) is 8.89. The zero-order valence-corrected chi connectivity index (χ0v) is 18.6. The molecule has 6 nitrogen and oxygen atoms in total. The average Bonchev–Trinajstić information content (AvgIpc) is 3.17. The summed E-state index contributed by atoms with van der Waals surface area (Å²) in [5.41, 5.74) is 3.51. The van der Waals surface area contributed by atoms with Crippen molar-refractivity contribution < 1.29 is 4.79 Å². The van der Waals surface area contributed by atoms with Gasteiger partial charge in [-0.2, -0.15) is 0 Å². The summed E-state index contributed by atoms with van der Waals surface area (Å²) in [7, 11) is 0. The summed E-state index contributed by atoms with van der Waals surface area (Å²) in [6.07, 6.45) is 1.81. The first-order valence-corrected chi connectivity index (χ1v) is 11.2. The van der Waals surface area contributed by atoms with Gasteiger partial charge in [0.2, 0.25) is 5.91 Å². The number of anilines is 1. The molecule has 0 spiro atoms. The number of nitrogens with zero attached hydrogens (tertiary/aromatic N) is 2. The minimum atomic E-state index is -0.160. The summed E-state index contributed by atoms with van der Waals surface area (Å²) in [4.78, 5) is 33.2. The van der Waals surface area contributed by atoms with E-state index in [2.05, 4.69) is 26.2 Å². The Morgan fingerprint density at radius 1 is 1.20 bits per heavy atom. The highest BCUT2D eigenvalue weighted by Gasteiger charge is 2.17. The molecule has 2 heterocycles. The Bertz CT molecular complexity index is 1270. The fraction of sp³-hybridized carbons (Fsp3) is 0.136. The predicted octanol–water partition coefficient (Wildman–Crippen LogP) is 4.90. The van der Waals surface area contributed by atoms with Crippen LogP contribution in [0.3, 0.4) is 0 Å². The molecular weight excluding hydrogens is 464 g/mol. The van der Waals surface area contributed by atoms with E-state index in [1.165, 1.54) is 11.8 Å². The van der Waals surface area contributed by atoms with Crippen molar-refractivity contribution in [3.05, 3.63) is 75.6 Å². The van der Waals surface area contributed by atoms with Crippen LogP contribution in [0.15, 0.2) is 75.2 Å². The van der Waals surface area contributed by atoms with Crippen molar-refractivity contribution in [2.45, 2.75) is 18.6 Å². The number of aromatic nitrogens is 3. The number of benzene rings is 2. The lowest BCUT2D eigenvalue weighted by Crippen LogP contribution is -2.23. The summed E-state index contributed by atoms with van der Waals surface area (Å²) < 4.78 is 2.48. The minimum absolute atomic E-state index is 0.139. The first kappa shape index (κ1) is 20.4. The number of halogens is 1. The SMILES string of the molecule is CCn1c(SCC(=O)Nc2cccc(Br)c2)nc2c(-c3ccccc3)c[nH]c2c1=O. The lowest BCUT2D eigenvalue weighted by Gasteiger charge is -2.11. The highest BCUT2D eigenvalue weighted by molar-refractivity contribution is 9.10. The molecule has 0 atom stereocenters. The summed E-state index contributed by atoms with van der Waals surface area (Å²) in [5, 5.41) is 3.39. The van der Waals surface area contributed by atoms with Gasteiger partial charge in [0.1, 0.15) is 11.0 Å². The monoisotopic (exact) mass is 482 g/mol. The second-order valence-corrected chi connectivity index (χ2v) is 8.44. The van der Waals surface area contributed by atoms with Crippen LogP contribution >= 0.6 is 27.7 Å². The number of amides is 1. The molecule has 4 rings (SSSR count). The molecule has 2 aromatic carbocycles. The van der Waals surface area contributed by atoms with Crippen LogP contribution in [0.25, 0.3) is 22.2 Å². The molecule has 1 amide bonds. The van der Waals surface area contributed by atoms with Gasteiger partial charge in [-0.3, -0.25) is 14.2 Å². The summed E-state index contributed by atoms with van der Waals surface area (Å²) in [5.74, 6) is -0.0114. The highest BCUT2D eigenvalue weighted by Crippen LogP contribution is 2.27. The Labute approximate surface area is 185 Å². The van der Waals surface area contributed by atoms with E-state index in [0.29, 0.717) is 28.4 Å². The lowest BCUT2D eigenvalue weighted by molar-refractivity contribution is -0.113. The van der Waals surface area contributed by atoms with Gasteiger partial charge in [-0.25, -0.2) is 4.98 Å². The maximum absolute atomic E-state index is 13.0. The lowest BCUT2D eigenvalue weighted by atomic mass is 10.1. The maximum Gasteiger partial charge on any atom is 0.278 e. The quantitative estimate of drug-likeness (QED) is 0.302. The Morgan fingerprint density at radius 3 is 2.73 bits per heavy atom. The number of thioether (sulfide) groups is 1. The fourth-order valence-corrected chi connectivity index (χ4v) is 4.45. The molecule has 0 aliphatic heterocycles. The number of H-pyrrole nitrogens is 1. The zero-order valence-electron chi connectivity index (χ0n) is 16.2. The first-order valence-electron chi connectivity index (χ1n) is 9.42. The molecule has 152 valence electrons. The van der Waals surface area contributed by atoms with Gasteiger partial charge in [0.25, 0.3) is 5.56 Å². The van der Waals surface area contributed by atoms with E-state index in [4.69, 9.17) is 4.98 Å². The van der Waals surface area contributed by atoms with Crippen LogP contribution < -0.4 is 10.9 Å². The molecule has 0 radical (unpaired) electrons. The summed E-state index contributed by atoms with van der Waals surface area (Å²) >= 11 is 4.65. The van der Waals surface area contributed by atoms with Gasteiger partial charge in [0.15, 0.2) is 5.16 Å². The standard InChI is InChI=1S/C22H19BrN4O2S/c1-2-27-21(29)20-19(17(12-24-20)14-7-4-3-5-8-14)26-22(27)30-13-18(28)25-16-10-6-9-15(23)11-16/h3-12,24H,2,13H2,1H3,(H,25,28). The van der Waals surface area contributed by atoms with E-state index in [1.807, 2.05) is 67.7 Å². The van der Waals surface area contributed by atoms with Gasteiger partial charge < -0.3 is 10.3 Å². The molecule has 0 saturated heterocycles. The van der Waals surface area contributed by atoms with Crippen molar-refractivity contribution in [3.8, 4) is 11.1 Å². The van der Waals surface area contributed by atoms with Crippen LogP contribution in [0, 0.1) is 0 Å². The van der Waals surface area contributed by atoms with Crippen molar-refractivity contribution in [2.24, 2.45) is 0 Å². The van der Waals surface area contributed by atoms with Crippen LogP contribution in [-0.2, 0) is 11.3 Å². The van der Waals surface area contributed by atoms with Crippen LogP contribution in [-0.4, -0.2) is 26.2 Å². The Kier molecular flexibility index (Phi) is 6.06. The van der Waals surface area contributed by atoms with E-state index in [1.54, 1.807) is 4.57 Å². The van der Waals surface area contributed by atoms with E-state index in [0.717, 1.165) is 15.6 Å². The second-order valence-electron chi connectivity index (χ2n) is 6.58. The molecule has 0 unspecified atom stereocenters. The molecule has 0 saturated carbocycles. The molecule has 4 aromatic rings. The molecule has 0 fully saturated rings. The van der Waals surface area contributed by atoms with Gasteiger partial charge >= 0.3 is 0 Å². The Balaban J connectivity index is 1.63. The predicted molar refractivity (Wildman–Crippen MR) is 125 cm³/mol. The van der Waals surface area contributed by atoms with Crippen molar-refractivity contribution >= 4 is 50.3 Å². The van der Waals surface area contributed by atoms with Crippen LogP contribution in [0.5, 0.6) is 0 Å². The molecule has 8 heteroatoms. The zero-order chi connectivity index (χ0) is 21.1. The van der Waals surface area contributed by atoms with E-state index >= 15 is 0 Å². The Morgan fingerprint density at radius 2 is 2.00 bits per heavy atom. The van der Waals surface area contributed by atoms with Gasteiger partial charge in [-0.05, 0) is 30.7 Å². The van der Waals surface area contributed by atoms with Crippen molar-refractivity contribution in [1.82, 2.24) is 14.5 Å². The Hall–Kier alpha value is -2.84. The van der Waals surface area contributed by atoms with Crippen LogP contribution in [0.1, 0.15) is 6.92 Å². The third-order valence-electron chi connectivity index (χ3n) is 4.59. The van der Waals surface area contributed by atoms with Crippen molar-refractivity contribution in [2.75, 3.05) is 11.1 Å². The van der Waals surface area contributed by atoms with Gasteiger partial charge in [0, 0.05) is 28.5 Å². The third-order valence-corrected chi connectivity index (χ3v) is 6.06. The van der Waals surface area contributed by atoms with Crippen LogP contribution in [0.2, 0.25) is 0 Å². The summed E-state index contributed by atoms with van der Waals surface area (Å²) in [6.45, 7) is 2.36. The number of rotatable bonds is 6. The maximum atomic E-state index is 13.0. The molecule has 0 aliphatic rings. The number of carbonyl (C=O) groups is 1. The normalized spacial score (nSPS) is 11.0. The molecule has 0 aliphatic carbocycles. The smallest absolute Gasteiger partial charge is 0.278 e. The highest BCUT2D eigenvalue weighted by atomic mass is 79.9. The van der Waals surface area contributed by atoms with Crippen molar-refractivity contribution in [3.63, 3.8) is 0 Å². The number of hydrogen-bond donors (Lipinski definition) is 2. The van der Waals surface area contributed by atoms with Gasteiger partial charge in [-0.15, -0.1) is 0 Å². The van der Waals surface area contributed by atoms with E-state index in [-0.39, 0.29) is 17.2 Å².